The van der Waals surface area contributed by atoms with Crippen LogP contribution in [0, 0.1) is 5.92 Å². The van der Waals surface area contributed by atoms with Crippen LogP contribution in [0.25, 0.3) is 0 Å². The van der Waals surface area contributed by atoms with E-state index >= 15 is 0 Å². The summed E-state index contributed by atoms with van der Waals surface area (Å²) < 4.78 is 0. The summed E-state index contributed by atoms with van der Waals surface area (Å²) in [4.78, 5) is 24.2. The van der Waals surface area contributed by atoms with Gasteiger partial charge in [-0.15, -0.1) is 0 Å². The lowest BCUT2D eigenvalue weighted by Gasteiger charge is -2.28. The zero-order valence-electron chi connectivity index (χ0n) is 9.69. The van der Waals surface area contributed by atoms with Crippen molar-refractivity contribution in [2.45, 2.75) is 33.2 Å². The van der Waals surface area contributed by atoms with Crippen LogP contribution >= 0.6 is 0 Å². The zero-order chi connectivity index (χ0) is 12.0. The van der Waals surface area contributed by atoms with Gasteiger partial charge in [-0.05, 0) is 26.8 Å². The van der Waals surface area contributed by atoms with Gasteiger partial charge in [0, 0.05) is 12.0 Å². The van der Waals surface area contributed by atoms with E-state index in [1.54, 1.807) is 0 Å². The normalized spacial score (nSPS) is 12.6. The summed E-state index contributed by atoms with van der Waals surface area (Å²) in [6.07, 6.45) is 0.626. The van der Waals surface area contributed by atoms with Gasteiger partial charge < -0.3 is 16.4 Å². The van der Waals surface area contributed by atoms with Gasteiger partial charge in [0.2, 0.25) is 11.8 Å². The third-order valence-corrected chi connectivity index (χ3v) is 2.25. The highest BCUT2D eigenvalue weighted by molar-refractivity contribution is 5.85. The predicted octanol–water partition coefficient (Wildman–Crippen LogP) is -0.306. The van der Waals surface area contributed by atoms with Gasteiger partial charge in [0.25, 0.3) is 0 Å². The summed E-state index contributed by atoms with van der Waals surface area (Å²) in [6, 6.07) is -0.0229. The molecular weight excluding hydrogens is 194 g/mol. The molecule has 0 aromatic carbocycles. The molecule has 1 atom stereocenters. The average Bonchev–Trinajstić information content (AvgIpc) is 2.12. The molecule has 5 heteroatoms. The van der Waals surface area contributed by atoms with Crippen LogP contribution in [-0.2, 0) is 9.59 Å². The van der Waals surface area contributed by atoms with E-state index in [2.05, 4.69) is 0 Å². The Labute approximate surface area is 90.8 Å². The maximum absolute atomic E-state index is 11.9. The predicted molar refractivity (Wildman–Crippen MR) is 58.9 cm³/mol. The summed E-state index contributed by atoms with van der Waals surface area (Å²) in [5, 5.41) is 0. The second-order valence-electron chi connectivity index (χ2n) is 4.00. The van der Waals surface area contributed by atoms with Gasteiger partial charge in [0.15, 0.2) is 0 Å². The molecule has 1 unspecified atom stereocenters. The number of carbonyl (C=O) groups is 2. The molecule has 5 nitrogen and oxygen atoms in total. The minimum absolute atomic E-state index is 0.0224. The molecule has 0 bridgehead atoms. The summed E-state index contributed by atoms with van der Waals surface area (Å²) >= 11 is 0. The molecule has 0 radical (unpaired) electrons. The molecule has 0 aliphatic heterocycles. The van der Waals surface area contributed by atoms with Crippen molar-refractivity contribution in [3.05, 3.63) is 0 Å². The van der Waals surface area contributed by atoms with Gasteiger partial charge >= 0.3 is 0 Å². The number of nitrogens with two attached hydrogens (primary N) is 2. The topological polar surface area (TPSA) is 89.4 Å². The Morgan fingerprint density at radius 2 is 1.80 bits per heavy atom. The Morgan fingerprint density at radius 1 is 1.27 bits per heavy atom. The summed E-state index contributed by atoms with van der Waals surface area (Å²) in [6.45, 7) is 5.97. The van der Waals surface area contributed by atoms with Crippen LogP contribution in [0.1, 0.15) is 27.2 Å². The first-order valence-corrected chi connectivity index (χ1v) is 5.19. The lowest BCUT2D eigenvalue weighted by atomic mass is 10.1. The van der Waals surface area contributed by atoms with Gasteiger partial charge in [0.05, 0.1) is 6.54 Å². The van der Waals surface area contributed by atoms with E-state index in [9.17, 15) is 9.59 Å². The first-order chi connectivity index (χ1) is 6.90. The van der Waals surface area contributed by atoms with Gasteiger partial charge in [-0.1, -0.05) is 6.92 Å². The first kappa shape index (κ1) is 13.9. The molecule has 0 saturated heterocycles. The summed E-state index contributed by atoms with van der Waals surface area (Å²) in [5.74, 6) is -0.706. The Kier molecular flexibility index (Phi) is 5.93. The molecule has 0 rings (SSSR count). The van der Waals surface area contributed by atoms with E-state index in [1.165, 1.54) is 4.90 Å². The molecule has 0 heterocycles. The number of primary amides is 1. The van der Waals surface area contributed by atoms with Gasteiger partial charge in [-0.25, -0.2) is 0 Å². The molecule has 2 amide bonds. The molecule has 4 N–H and O–H groups in total. The summed E-state index contributed by atoms with van der Waals surface area (Å²) in [7, 11) is 0. The van der Waals surface area contributed by atoms with Crippen LogP contribution in [0.3, 0.4) is 0 Å². The van der Waals surface area contributed by atoms with Crippen molar-refractivity contribution in [2.75, 3.05) is 13.1 Å². The van der Waals surface area contributed by atoms with Crippen LogP contribution in [-0.4, -0.2) is 35.8 Å². The number of amides is 2. The summed E-state index contributed by atoms with van der Waals surface area (Å²) in [5.41, 5.74) is 10.5. The number of carbonyl (C=O) groups excluding carboxylic acids is 2. The second kappa shape index (κ2) is 6.40. The van der Waals surface area contributed by atoms with E-state index in [0.717, 1.165) is 0 Å². The Bertz CT molecular complexity index is 229. The van der Waals surface area contributed by atoms with Crippen LogP contribution in [0.2, 0.25) is 0 Å². The molecule has 0 aromatic heterocycles. The van der Waals surface area contributed by atoms with E-state index in [4.69, 9.17) is 11.5 Å². The first-order valence-electron chi connectivity index (χ1n) is 5.19. The molecule has 0 aliphatic rings. The highest BCUT2D eigenvalue weighted by Gasteiger charge is 2.23. The largest absolute Gasteiger partial charge is 0.368 e. The van der Waals surface area contributed by atoms with Crippen LogP contribution in [0.4, 0.5) is 0 Å². The molecule has 0 saturated carbocycles. The van der Waals surface area contributed by atoms with Crippen LogP contribution in [0.5, 0.6) is 0 Å². The maximum Gasteiger partial charge on any atom is 0.237 e. The fraction of sp³-hybridized carbons (Fsp3) is 0.800. The van der Waals surface area contributed by atoms with Crippen LogP contribution in [0.15, 0.2) is 0 Å². The lowest BCUT2D eigenvalue weighted by molar-refractivity contribution is -0.140. The third-order valence-electron chi connectivity index (χ3n) is 2.25. The molecular formula is C10H21N3O2. The van der Waals surface area contributed by atoms with E-state index in [0.29, 0.717) is 13.0 Å². The van der Waals surface area contributed by atoms with Crippen molar-refractivity contribution in [2.24, 2.45) is 17.4 Å². The Balaban J connectivity index is 4.47. The monoisotopic (exact) mass is 215 g/mol. The van der Waals surface area contributed by atoms with Crippen molar-refractivity contribution in [3.8, 4) is 0 Å². The minimum Gasteiger partial charge on any atom is -0.368 e. The Hall–Kier alpha value is -1.10. The molecule has 0 fully saturated rings. The molecule has 88 valence electrons. The SMILES string of the molecule is CC(CCN)C(=O)N(CC(N)=O)C(C)C. The number of hydrogen-bond acceptors (Lipinski definition) is 3. The van der Waals surface area contributed by atoms with Crippen LogP contribution < -0.4 is 11.5 Å². The van der Waals surface area contributed by atoms with Crippen molar-refractivity contribution in [1.29, 1.82) is 0 Å². The van der Waals surface area contributed by atoms with Gasteiger partial charge in [0.1, 0.15) is 0 Å². The number of nitrogens with zero attached hydrogens (tertiary/aromatic N) is 1. The van der Waals surface area contributed by atoms with Gasteiger partial charge in [-0.2, -0.15) is 0 Å². The van der Waals surface area contributed by atoms with Crippen molar-refractivity contribution in [3.63, 3.8) is 0 Å². The number of rotatable bonds is 6. The standard InChI is InChI=1S/C10H21N3O2/c1-7(2)13(6-9(12)14)10(15)8(3)4-5-11/h7-8H,4-6,11H2,1-3H3,(H2,12,14). The fourth-order valence-electron chi connectivity index (χ4n) is 1.34. The Morgan fingerprint density at radius 3 is 2.13 bits per heavy atom. The second-order valence-corrected chi connectivity index (χ2v) is 4.00. The molecule has 0 spiro atoms. The average molecular weight is 215 g/mol. The highest BCUT2D eigenvalue weighted by Crippen LogP contribution is 2.09. The van der Waals surface area contributed by atoms with Gasteiger partial charge in [-0.3, -0.25) is 9.59 Å². The number of hydrogen-bond donors (Lipinski definition) is 2. The lowest BCUT2D eigenvalue weighted by Crippen LogP contribution is -2.45. The molecule has 0 aromatic rings. The minimum atomic E-state index is -0.489. The zero-order valence-corrected chi connectivity index (χ0v) is 9.69. The van der Waals surface area contributed by atoms with E-state index in [1.807, 2.05) is 20.8 Å². The quantitative estimate of drug-likeness (QED) is 0.637. The maximum atomic E-state index is 11.9. The van der Waals surface area contributed by atoms with E-state index in [-0.39, 0.29) is 24.4 Å². The van der Waals surface area contributed by atoms with Crippen molar-refractivity contribution < 1.29 is 9.59 Å². The molecule has 0 aliphatic carbocycles. The van der Waals surface area contributed by atoms with Crippen molar-refractivity contribution in [1.82, 2.24) is 4.90 Å². The third kappa shape index (κ3) is 4.78. The smallest absolute Gasteiger partial charge is 0.237 e. The highest BCUT2D eigenvalue weighted by atomic mass is 16.2. The fourth-order valence-corrected chi connectivity index (χ4v) is 1.34. The van der Waals surface area contributed by atoms with Crippen molar-refractivity contribution >= 4 is 11.8 Å². The van der Waals surface area contributed by atoms with E-state index < -0.39 is 5.91 Å². The molecule has 15 heavy (non-hydrogen) atoms.